The number of rotatable bonds is 3. The minimum absolute atomic E-state index is 0.178. The van der Waals surface area contributed by atoms with Gasteiger partial charge in [0, 0.05) is 24.0 Å². The first kappa shape index (κ1) is 9.09. The first-order valence-corrected chi connectivity index (χ1v) is 3.75. The second-order valence-electron chi connectivity index (χ2n) is 3.29. The molecule has 12 heavy (non-hydrogen) atoms. The van der Waals surface area contributed by atoms with E-state index in [0.717, 1.165) is 5.69 Å². The summed E-state index contributed by atoms with van der Waals surface area (Å²) in [5.41, 5.74) is 0.707. The normalized spacial score (nSPS) is 11.6. The molecule has 0 unspecified atom stereocenters. The zero-order valence-corrected chi connectivity index (χ0v) is 7.32. The molecule has 0 atom stereocenters. The maximum Gasteiger partial charge on any atom is 0.0786 e. The molecule has 0 spiro atoms. The Hall–Kier alpha value is -1.00. The molecule has 2 N–H and O–H groups in total. The molecule has 4 heteroatoms. The van der Waals surface area contributed by atoms with Crippen molar-refractivity contribution in [3.05, 3.63) is 24.3 Å². The van der Waals surface area contributed by atoms with Crippen molar-refractivity contribution in [1.29, 1.82) is 0 Å². The lowest BCUT2D eigenvalue weighted by molar-refractivity contribution is 0.0948. The van der Waals surface area contributed by atoms with E-state index < -0.39 is 0 Å². The lowest BCUT2D eigenvalue weighted by Crippen LogP contribution is -2.27. The highest BCUT2D eigenvalue weighted by atomic mass is 16.6. The van der Waals surface area contributed by atoms with Gasteiger partial charge in [-0.05, 0) is 0 Å². The van der Waals surface area contributed by atoms with Gasteiger partial charge in [0.15, 0.2) is 0 Å². The Morgan fingerprint density at radius 1 is 1.50 bits per heavy atom. The van der Waals surface area contributed by atoms with E-state index in [1.807, 2.05) is 13.8 Å². The second-order valence-corrected chi connectivity index (χ2v) is 3.29. The van der Waals surface area contributed by atoms with Gasteiger partial charge in [-0.25, -0.2) is 5.90 Å². The SMILES string of the molecule is CC(C)(CON)c1cnccn1. The molecular weight excluding hydrogens is 154 g/mol. The molecule has 1 heterocycles. The number of nitrogens with two attached hydrogens (primary N) is 1. The molecule has 0 saturated carbocycles. The van der Waals surface area contributed by atoms with Crippen molar-refractivity contribution < 1.29 is 4.84 Å². The molecule has 0 aliphatic rings. The number of nitrogens with zero attached hydrogens (tertiary/aromatic N) is 2. The van der Waals surface area contributed by atoms with Gasteiger partial charge in [-0.3, -0.25) is 9.97 Å². The Bertz CT molecular complexity index is 235. The highest BCUT2D eigenvalue weighted by Crippen LogP contribution is 2.19. The van der Waals surface area contributed by atoms with Crippen LogP contribution in [0.1, 0.15) is 19.5 Å². The number of hydrogen-bond donors (Lipinski definition) is 1. The van der Waals surface area contributed by atoms with E-state index in [1.54, 1.807) is 18.6 Å². The third-order valence-electron chi connectivity index (χ3n) is 1.70. The summed E-state index contributed by atoms with van der Waals surface area (Å²) in [4.78, 5) is 12.7. The summed E-state index contributed by atoms with van der Waals surface area (Å²) >= 11 is 0. The maximum absolute atomic E-state index is 5.00. The minimum atomic E-state index is -0.178. The third-order valence-corrected chi connectivity index (χ3v) is 1.70. The van der Waals surface area contributed by atoms with Crippen LogP contribution in [0, 0.1) is 0 Å². The highest BCUT2D eigenvalue weighted by molar-refractivity contribution is 5.09. The average molecular weight is 167 g/mol. The summed E-state index contributed by atoms with van der Waals surface area (Å²) in [5, 5.41) is 0. The largest absolute Gasteiger partial charge is 0.304 e. The zero-order valence-electron chi connectivity index (χ0n) is 7.32. The lowest BCUT2D eigenvalue weighted by atomic mass is 9.91. The summed E-state index contributed by atoms with van der Waals surface area (Å²) in [6.45, 7) is 4.44. The third kappa shape index (κ3) is 1.99. The van der Waals surface area contributed by atoms with E-state index in [1.165, 1.54) is 0 Å². The van der Waals surface area contributed by atoms with Crippen LogP contribution in [0.5, 0.6) is 0 Å². The van der Waals surface area contributed by atoms with Crippen LogP contribution < -0.4 is 5.90 Å². The Balaban J connectivity index is 2.82. The van der Waals surface area contributed by atoms with Crippen LogP contribution >= 0.6 is 0 Å². The summed E-state index contributed by atoms with van der Waals surface area (Å²) in [7, 11) is 0. The fraction of sp³-hybridized carbons (Fsp3) is 0.500. The molecule has 1 aromatic rings. The number of aromatic nitrogens is 2. The topological polar surface area (TPSA) is 61.0 Å². The molecule has 0 aliphatic heterocycles. The van der Waals surface area contributed by atoms with Crippen molar-refractivity contribution in [3.63, 3.8) is 0 Å². The standard InChI is InChI=1S/C8H13N3O/c1-8(2,6-12-9)7-5-10-3-4-11-7/h3-5H,6,9H2,1-2H3. The van der Waals surface area contributed by atoms with Crippen molar-refractivity contribution in [2.75, 3.05) is 6.61 Å². The van der Waals surface area contributed by atoms with Crippen molar-refractivity contribution >= 4 is 0 Å². The molecule has 0 aromatic carbocycles. The van der Waals surface area contributed by atoms with Crippen LogP contribution in [-0.2, 0) is 10.3 Å². The van der Waals surface area contributed by atoms with Gasteiger partial charge >= 0.3 is 0 Å². The van der Waals surface area contributed by atoms with Crippen LogP contribution in [-0.4, -0.2) is 16.6 Å². The van der Waals surface area contributed by atoms with Crippen molar-refractivity contribution in [2.24, 2.45) is 5.90 Å². The van der Waals surface area contributed by atoms with Crippen molar-refractivity contribution in [1.82, 2.24) is 9.97 Å². The molecule has 1 rings (SSSR count). The smallest absolute Gasteiger partial charge is 0.0786 e. The van der Waals surface area contributed by atoms with E-state index >= 15 is 0 Å². The predicted octanol–water partition coefficient (Wildman–Crippen LogP) is 0.644. The van der Waals surface area contributed by atoms with Crippen LogP contribution in [0.25, 0.3) is 0 Å². The van der Waals surface area contributed by atoms with E-state index in [4.69, 9.17) is 5.90 Å². The molecule has 66 valence electrons. The van der Waals surface area contributed by atoms with E-state index in [-0.39, 0.29) is 5.41 Å². The van der Waals surface area contributed by atoms with Gasteiger partial charge in [-0.15, -0.1) is 0 Å². The van der Waals surface area contributed by atoms with Crippen LogP contribution in [0.4, 0.5) is 0 Å². The average Bonchev–Trinajstić information content (AvgIpc) is 2.06. The summed E-state index contributed by atoms with van der Waals surface area (Å²) in [5.74, 6) is 5.00. The van der Waals surface area contributed by atoms with Gasteiger partial charge in [0.1, 0.15) is 0 Å². The molecule has 1 aromatic heterocycles. The van der Waals surface area contributed by atoms with E-state index in [9.17, 15) is 0 Å². The van der Waals surface area contributed by atoms with E-state index in [2.05, 4.69) is 14.8 Å². The molecular formula is C8H13N3O. The fourth-order valence-electron chi connectivity index (χ4n) is 0.931. The molecule has 0 fully saturated rings. The predicted molar refractivity (Wildman–Crippen MR) is 45.2 cm³/mol. The van der Waals surface area contributed by atoms with Crippen LogP contribution in [0.2, 0.25) is 0 Å². The molecule has 0 aliphatic carbocycles. The van der Waals surface area contributed by atoms with Crippen LogP contribution in [0.15, 0.2) is 18.6 Å². The first-order chi connectivity index (χ1) is 5.67. The molecule has 4 nitrogen and oxygen atoms in total. The zero-order chi connectivity index (χ0) is 9.03. The molecule has 0 radical (unpaired) electrons. The highest BCUT2D eigenvalue weighted by Gasteiger charge is 2.22. The minimum Gasteiger partial charge on any atom is -0.304 e. The van der Waals surface area contributed by atoms with Gasteiger partial charge in [0.2, 0.25) is 0 Å². The van der Waals surface area contributed by atoms with Crippen molar-refractivity contribution in [2.45, 2.75) is 19.3 Å². The lowest BCUT2D eigenvalue weighted by Gasteiger charge is -2.21. The number of hydrogen-bond acceptors (Lipinski definition) is 4. The van der Waals surface area contributed by atoms with Gasteiger partial charge in [-0.2, -0.15) is 0 Å². The Labute approximate surface area is 71.7 Å². The summed E-state index contributed by atoms with van der Waals surface area (Å²) < 4.78 is 0. The van der Waals surface area contributed by atoms with Gasteiger partial charge in [0.25, 0.3) is 0 Å². The Morgan fingerprint density at radius 2 is 2.25 bits per heavy atom. The van der Waals surface area contributed by atoms with Gasteiger partial charge < -0.3 is 4.84 Å². The van der Waals surface area contributed by atoms with Crippen molar-refractivity contribution in [3.8, 4) is 0 Å². The maximum atomic E-state index is 5.00. The Kier molecular flexibility index (Phi) is 2.73. The quantitative estimate of drug-likeness (QED) is 0.671. The fourth-order valence-corrected chi connectivity index (χ4v) is 0.931. The van der Waals surface area contributed by atoms with Gasteiger partial charge in [-0.1, -0.05) is 13.8 Å². The first-order valence-electron chi connectivity index (χ1n) is 3.75. The van der Waals surface area contributed by atoms with Crippen LogP contribution in [0.3, 0.4) is 0 Å². The summed E-state index contributed by atoms with van der Waals surface area (Å²) in [6, 6.07) is 0. The van der Waals surface area contributed by atoms with E-state index in [0.29, 0.717) is 6.61 Å². The second kappa shape index (κ2) is 3.60. The molecule has 0 bridgehead atoms. The monoisotopic (exact) mass is 167 g/mol. The molecule has 0 amide bonds. The van der Waals surface area contributed by atoms with Gasteiger partial charge in [0.05, 0.1) is 12.3 Å². The summed E-state index contributed by atoms with van der Waals surface area (Å²) in [6.07, 6.45) is 5.02. The Morgan fingerprint density at radius 3 is 2.75 bits per heavy atom. The molecule has 0 saturated heterocycles.